The summed E-state index contributed by atoms with van der Waals surface area (Å²) in [4.78, 5) is 4.39. The molecule has 14 heavy (non-hydrogen) atoms. The van der Waals surface area contributed by atoms with E-state index in [1.807, 2.05) is 0 Å². The zero-order chi connectivity index (χ0) is 10.1. The molecule has 5 nitrogen and oxygen atoms in total. The summed E-state index contributed by atoms with van der Waals surface area (Å²) in [5.41, 5.74) is 0. The fraction of sp³-hybridized carbons (Fsp3) is 0.778. The van der Waals surface area contributed by atoms with Crippen molar-refractivity contribution < 1.29 is 5.11 Å². The normalized spacial score (nSPS) is 27.4. The van der Waals surface area contributed by atoms with Crippen LogP contribution in [0.2, 0.25) is 0 Å². The lowest BCUT2D eigenvalue weighted by Gasteiger charge is -2.04. The van der Waals surface area contributed by atoms with Gasteiger partial charge in [-0.05, 0) is 6.42 Å². The molecule has 0 amide bonds. The molecule has 0 saturated carbocycles. The van der Waals surface area contributed by atoms with Gasteiger partial charge in [0.05, 0.1) is 12.1 Å². The Balaban J connectivity index is 2.09. The van der Waals surface area contributed by atoms with E-state index in [-0.39, 0.29) is 12.1 Å². The Morgan fingerprint density at radius 1 is 1.50 bits per heavy atom. The van der Waals surface area contributed by atoms with Crippen LogP contribution in [-0.2, 0) is 0 Å². The fourth-order valence-corrected chi connectivity index (χ4v) is 1.63. The van der Waals surface area contributed by atoms with E-state index < -0.39 is 0 Å². The predicted octanol–water partition coefficient (Wildman–Crippen LogP) is 0.323. The number of aromatic nitrogens is 3. The molecule has 0 aliphatic carbocycles. The molecule has 2 heterocycles. The summed E-state index contributed by atoms with van der Waals surface area (Å²) in [7, 11) is 0. The maximum absolute atomic E-state index is 9.35. The first-order chi connectivity index (χ1) is 6.66. The van der Waals surface area contributed by atoms with Crippen LogP contribution in [0.5, 0.6) is 0 Å². The molecule has 5 heteroatoms. The van der Waals surface area contributed by atoms with E-state index in [0.29, 0.717) is 18.9 Å². The van der Waals surface area contributed by atoms with E-state index in [0.717, 1.165) is 11.6 Å². The zero-order valence-corrected chi connectivity index (χ0v) is 8.49. The average molecular weight is 196 g/mol. The third kappa shape index (κ3) is 1.78. The van der Waals surface area contributed by atoms with Crippen molar-refractivity contribution in [3.8, 4) is 0 Å². The zero-order valence-electron chi connectivity index (χ0n) is 8.49. The quantitative estimate of drug-likeness (QED) is 0.637. The lowest BCUT2D eigenvalue weighted by Crippen LogP contribution is -2.15. The summed E-state index contributed by atoms with van der Waals surface area (Å²) in [6.07, 6.45) is 0.458. The SMILES string of the molecule is CC(C)c1n[nH]c(C2CC(O)CN2)n1. The third-order valence-corrected chi connectivity index (χ3v) is 2.47. The molecule has 0 spiro atoms. The standard InChI is InChI=1S/C9H16N4O/c1-5(2)8-11-9(13-12-8)7-3-6(14)4-10-7/h5-7,10,14H,3-4H2,1-2H3,(H,11,12,13). The van der Waals surface area contributed by atoms with Gasteiger partial charge in [0.25, 0.3) is 0 Å². The highest BCUT2D eigenvalue weighted by atomic mass is 16.3. The van der Waals surface area contributed by atoms with Crippen LogP contribution in [0.1, 0.15) is 43.9 Å². The summed E-state index contributed by atoms with van der Waals surface area (Å²) in [6, 6.07) is 0.130. The molecule has 1 aromatic rings. The number of nitrogens with one attached hydrogen (secondary N) is 2. The first-order valence-corrected chi connectivity index (χ1v) is 5.00. The highest BCUT2D eigenvalue weighted by Gasteiger charge is 2.26. The van der Waals surface area contributed by atoms with Crippen molar-refractivity contribution in [3.05, 3.63) is 11.6 Å². The Kier molecular flexibility index (Phi) is 2.52. The molecule has 2 rings (SSSR count). The van der Waals surface area contributed by atoms with Crippen molar-refractivity contribution in [2.75, 3.05) is 6.54 Å². The van der Waals surface area contributed by atoms with Crippen molar-refractivity contribution in [2.24, 2.45) is 0 Å². The summed E-state index contributed by atoms with van der Waals surface area (Å²) in [6.45, 7) is 4.76. The van der Waals surface area contributed by atoms with Gasteiger partial charge in [0.2, 0.25) is 0 Å². The number of H-pyrrole nitrogens is 1. The largest absolute Gasteiger partial charge is 0.392 e. The van der Waals surface area contributed by atoms with Crippen LogP contribution in [0.4, 0.5) is 0 Å². The van der Waals surface area contributed by atoms with Gasteiger partial charge in [-0.1, -0.05) is 13.8 Å². The van der Waals surface area contributed by atoms with Crippen molar-refractivity contribution in [2.45, 2.75) is 38.3 Å². The van der Waals surface area contributed by atoms with Crippen LogP contribution in [0.25, 0.3) is 0 Å². The van der Waals surface area contributed by atoms with E-state index in [1.165, 1.54) is 0 Å². The van der Waals surface area contributed by atoms with E-state index in [9.17, 15) is 5.11 Å². The molecular formula is C9H16N4O. The molecule has 1 aliphatic heterocycles. The number of aliphatic hydroxyl groups excluding tert-OH is 1. The molecular weight excluding hydrogens is 180 g/mol. The van der Waals surface area contributed by atoms with Crippen molar-refractivity contribution >= 4 is 0 Å². The van der Waals surface area contributed by atoms with Gasteiger partial charge in [-0.25, -0.2) is 4.98 Å². The molecule has 2 atom stereocenters. The second-order valence-electron chi connectivity index (χ2n) is 4.08. The maximum atomic E-state index is 9.35. The lowest BCUT2D eigenvalue weighted by atomic mass is 10.2. The van der Waals surface area contributed by atoms with Gasteiger partial charge in [0, 0.05) is 12.5 Å². The van der Waals surface area contributed by atoms with Gasteiger partial charge in [-0.15, -0.1) is 0 Å². The Labute approximate surface area is 82.9 Å². The number of β-amino-alcohol motifs (C(OH)–C–C–N with tert-alkyl or cyclic N) is 1. The van der Waals surface area contributed by atoms with Gasteiger partial charge >= 0.3 is 0 Å². The third-order valence-electron chi connectivity index (χ3n) is 2.47. The molecule has 3 N–H and O–H groups in total. The fourth-order valence-electron chi connectivity index (χ4n) is 1.63. The maximum Gasteiger partial charge on any atom is 0.153 e. The van der Waals surface area contributed by atoms with Crippen LogP contribution in [0.3, 0.4) is 0 Å². The van der Waals surface area contributed by atoms with Crippen LogP contribution < -0.4 is 5.32 Å². The van der Waals surface area contributed by atoms with Gasteiger partial charge in [0.15, 0.2) is 5.82 Å². The second-order valence-corrected chi connectivity index (χ2v) is 4.08. The highest BCUT2D eigenvalue weighted by molar-refractivity contribution is 5.02. The average Bonchev–Trinajstić information content (AvgIpc) is 2.70. The van der Waals surface area contributed by atoms with Crippen LogP contribution in [0, 0.1) is 0 Å². The summed E-state index contributed by atoms with van der Waals surface area (Å²) >= 11 is 0. The molecule has 0 bridgehead atoms. The minimum Gasteiger partial charge on any atom is -0.392 e. The predicted molar refractivity (Wildman–Crippen MR) is 51.8 cm³/mol. The molecule has 78 valence electrons. The first-order valence-electron chi connectivity index (χ1n) is 5.00. The molecule has 0 aromatic carbocycles. The molecule has 1 saturated heterocycles. The second kappa shape index (κ2) is 3.67. The first kappa shape index (κ1) is 9.61. The smallest absolute Gasteiger partial charge is 0.153 e. The molecule has 1 aromatic heterocycles. The van der Waals surface area contributed by atoms with Gasteiger partial charge < -0.3 is 10.4 Å². The topological polar surface area (TPSA) is 73.8 Å². The van der Waals surface area contributed by atoms with Crippen molar-refractivity contribution in [3.63, 3.8) is 0 Å². The Morgan fingerprint density at radius 2 is 2.29 bits per heavy atom. The Bertz CT molecular complexity index is 310. The Morgan fingerprint density at radius 3 is 2.79 bits per heavy atom. The Hall–Kier alpha value is -0.940. The minimum atomic E-state index is -0.257. The van der Waals surface area contributed by atoms with E-state index in [4.69, 9.17) is 0 Å². The molecule has 1 fully saturated rings. The number of nitrogens with zero attached hydrogens (tertiary/aromatic N) is 2. The van der Waals surface area contributed by atoms with Crippen LogP contribution in [-0.4, -0.2) is 32.9 Å². The summed E-state index contributed by atoms with van der Waals surface area (Å²) in [5.74, 6) is 2.01. The number of aromatic amines is 1. The molecule has 2 unspecified atom stereocenters. The van der Waals surface area contributed by atoms with E-state index >= 15 is 0 Å². The lowest BCUT2D eigenvalue weighted by molar-refractivity contribution is 0.193. The highest BCUT2D eigenvalue weighted by Crippen LogP contribution is 2.21. The summed E-state index contributed by atoms with van der Waals surface area (Å²) < 4.78 is 0. The van der Waals surface area contributed by atoms with Gasteiger partial charge in [-0.2, -0.15) is 5.10 Å². The number of aliphatic hydroxyl groups is 1. The van der Waals surface area contributed by atoms with Gasteiger partial charge in [0.1, 0.15) is 5.82 Å². The minimum absolute atomic E-state index is 0.130. The van der Waals surface area contributed by atoms with E-state index in [1.54, 1.807) is 0 Å². The molecule has 1 aliphatic rings. The number of rotatable bonds is 2. The number of hydrogen-bond donors (Lipinski definition) is 3. The monoisotopic (exact) mass is 196 g/mol. The van der Waals surface area contributed by atoms with Gasteiger partial charge in [-0.3, -0.25) is 5.10 Å². The van der Waals surface area contributed by atoms with Crippen molar-refractivity contribution in [1.29, 1.82) is 0 Å². The molecule has 0 radical (unpaired) electrons. The van der Waals surface area contributed by atoms with Crippen LogP contribution >= 0.6 is 0 Å². The summed E-state index contributed by atoms with van der Waals surface area (Å²) in [5, 5.41) is 19.6. The number of hydrogen-bond acceptors (Lipinski definition) is 4. The van der Waals surface area contributed by atoms with Crippen molar-refractivity contribution in [1.82, 2.24) is 20.5 Å². The van der Waals surface area contributed by atoms with E-state index in [2.05, 4.69) is 34.3 Å². The van der Waals surface area contributed by atoms with Crippen LogP contribution in [0.15, 0.2) is 0 Å².